The van der Waals surface area contributed by atoms with Gasteiger partial charge in [0.05, 0.1) is 23.9 Å². The summed E-state index contributed by atoms with van der Waals surface area (Å²) >= 11 is 6.07. The Kier molecular flexibility index (Phi) is 5.21. The zero-order chi connectivity index (χ0) is 17.1. The Labute approximate surface area is 146 Å². The number of aromatic nitrogens is 2. The monoisotopic (exact) mass is 347 g/mol. The second kappa shape index (κ2) is 7.36. The van der Waals surface area contributed by atoms with Crippen LogP contribution in [-0.2, 0) is 0 Å². The molecule has 1 heterocycles. The third-order valence-corrected chi connectivity index (χ3v) is 5.02. The van der Waals surface area contributed by atoms with E-state index in [1.165, 1.54) is 12.8 Å². The van der Waals surface area contributed by atoms with Gasteiger partial charge in [-0.05, 0) is 25.8 Å². The highest BCUT2D eigenvalue weighted by atomic mass is 35.5. The van der Waals surface area contributed by atoms with Crippen molar-refractivity contribution in [3.63, 3.8) is 0 Å². The molecule has 1 aliphatic rings. The van der Waals surface area contributed by atoms with Crippen LogP contribution in [0.4, 0.5) is 0 Å². The predicted molar refractivity (Wildman–Crippen MR) is 93.2 cm³/mol. The number of hydrogen-bond donors (Lipinski definition) is 2. The van der Waals surface area contributed by atoms with Crippen molar-refractivity contribution in [1.82, 2.24) is 15.1 Å². The minimum Gasteiger partial charge on any atom is -0.387 e. The summed E-state index contributed by atoms with van der Waals surface area (Å²) in [4.78, 5) is 12.4. The zero-order valence-corrected chi connectivity index (χ0v) is 14.5. The maximum absolute atomic E-state index is 12.4. The predicted octanol–water partition coefficient (Wildman–Crippen LogP) is 3.42. The summed E-state index contributed by atoms with van der Waals surface area (Å²) in [5.74, 6) is -0.220. The second-order valence-corrected chi connectivity index (χ2v) is 6.68. The van der Waals surface area contributed by atoms with E-state index in [0.717, 1.165) is 18.5 Å². The minimum absolute atomic E-state index is 0.108. The van der Waals surface area contributed by atoms with Crippen LogP contribution in [0.5, 0.6) is 0 Å². The molecule has 1 unspecified atom stereocenters. The number of aliphatic hydroxyl groups excluding tert-OH is 1. The van der Waals surface area contributed by atoms with Gasteiger partial charge in [-0.15, -0.1) is 0 Å². The van der Waals surface area contributed by atoms with Crippen molar-refractivity contribution in [3.05, 3.63) is 52.3 Å². The summed E-state index contributed by atoms with van der Waals surface area (Å²) < 4.78 is 1.96. The number of nitrogens with one attached hydrogen (secondary N) is 1. The minimum atomic E-state index is -0.840. The largest absolute Gasteiger partial charge is 0.387 e. The molecule has 128 valence electrons. The lowest BCUT2D eigenvalue weighted by atomic mass is 10.1. The van der Waals surface area contributed by atoms with E-state index in [9.17, 15) is 9.90 Å². The fourth-order valence-corrected chi connectivity index (χ4v) is 3.56. The first-order chi connectivity index (χ1) is 11.6. The molecule has 0 radical (unpaired) electrons. The van der Waals surface area contributed by atoms with E-state index in [4.69, 9.17) is 11.6 Å². The molecule has 6 heteroatoms. The van der Waals surface area contributed by atoms with Gasteiger partial charge < -0.3 is 10.4 Å². The molecule has 1 saturated carbocycles. The van der Waals surface area contributed by atoms with Crippen LogP contribution < -0.4 is 5.32 Å². The lowest BCUT2D eigenvalue weighted by Gasteiger charge is -2.14. The van der Waals surface area contributed by atoms with Crippen LogP contribution in [0.1, 0.15) is 59.4 Å². The highest BCUT2D eigenvalue weighted by Crippen LogP contribution is 2.30. The summed E-state index contributed by atoms with van der Waals surface area (Å²) in [5, 5.41) is 17.9. The Morgan fingerprint density at radius 3 is 2.83 bits per heavy atom. The molecule has 1 aromatic heterocycles. The quantitative estimate of drug-likeness (QED) is 0.870. The van der Waals surface area contributed by atoms with Crippen LogP contribution in [0.2, 0.25) is 5.02 Å². The molecule has 2 aromatic rings. The molecule has 0 bridgehead atoms. The lowest BCUT2D eigenvalue weighted by Crippen LogP contribution is -2.29. The smallest absolute Gasteiger partial charge is 0.254 e. The van der Waals surface area contributed by atoms with Crippen molar-refractivity contribution < 1.29 is 9.90 Å². The summed E-state index contributed by atoms with van der Waals surface area (Å²) in [6, 6.07) is 7.49. The van der Waals surface area contributed by atoms with Gasteiger partial charge in [0.2, 0.25) is 0 Å². The number of hydrogen-bond acceptors (Lipinski definition) is 3. The zero-order valence-electron chi connectivity index (χ0n) is 13.7. The van der Waals surface area contributed by atoms with Crippen LogP contribution in [0, 0.1) is 6.92 Å². The van der Waals surface area contributed by atoms with Gasteiger partial charge in [0, 0.05) is 22.8 Å². The first kappa shape index (κ1) is 17.0. The van der Waals surface area contributed by atoms with E-state index < -0.39 is 6.10 Å². The summed E-state index contributed by atoms with van der Waals surface area (Å²) in [6.07, 6.45) is 5.45. The Morgan fingerprint density at radius 1 is 1.42 bits per heavy atom. The van der Waals surface area contributed by atoms with E-state index in [1.54, 1.807) is 24.4 Å². The number of halogens is 1. The summed E-state index contributed by atoms with van der Waals surface area (Å²) in [6.45, 7) is 2.03. The van der Waals surface area contributed by atoms with Gasteiger partial charge in [-0.25, -0.2) is 0 Å². The van der Waals surface area contributed by atoms with Crippen LogP contribution in [0.3, 0.4) is 0 Å². The second-order valence-electron chi connectivity index (χ2n) is 6.27. The Bertz CT molecular complexity index is 723. The molecule has 24 heavy (non-hydrogen) atoms. The van der Waals surface area contributed by atoms with E-state index in [1.807, 2.05) is 17.7 Å². The Balaban J connectivity index is 1.64. The average molecular weight is 348 g/mol. The highest BCUT2D eigenvalue weighted by Gasteiger charge is 2.23. The maximum atomic E-state index is 12.4. The topological polar surface area (TPSA) is 67.2 Å². The van der Waals surface area contributed by atoms with Crippen molar-refractivity contribution >= 4 is 17.5 Å². The molecule has 0 saturated heterocycles. The molecule has 5 nitrogen and oxygen atoms in total. The first-order valence-electron chi connectivity index (χ1n) is 8.32. The van der Waals surface area contributed by atoms with Gasteiger partial charge in [0.1, 0.15) is 0 Å². The highest BCUT2D eigenvalue weighted by molar-refractivity contribution is 6.31. The van der Waals surface area contributed by atoms with E-state index in [2.05, 4.69) is 10.4 Å². The summed E-state index contributed by atoms with van der Waals surface area (Å²) in [5.41, 5.74) is 2.05. The fraction of sp³-hybridized carbons (Fsp3) is 0.444. The van der Waals surface area contributed by atoms with Crippen molar-refractivity contribution in [2.75, 3.05) is 6.54 Å². The third kappa shape index (κ3) is 3.47. The summed E-state index contributed by atoms with van der Waals surface area (Å²) in [7, 11) is 0. The van der Waals surface area contributed by atoms with Crippen LogP contribution >= 0.6 is 11.6 Å². The molecule has 1 fully saturated rings. The maximum Gasteiger partial charge on any atom is 0.254 e. The Morgan fingerprint density at radius 2 is 2.12 bits per heavy atom. The van der Waals surface area contributed by atoms with Crippen molar-refractivity contribution in [2.24, 2.45) is 0 Å². The van der Waals surface area contributed by atoms with Crippen LogP contribution in [-0.4, -0.2) is 27.3 Å². The third-order valence-electron chi connectivity index (χ3n) is 4.68. The number of aliphatic hydroxyl groups is 1. The molecular formula is C18H22ClN3O2. The van der Waals surface area contributed by atoms with Crippen LogP contribution in [0.15, 0.2) is 30.5 Å². The molecule has 2 N–H and O–H groups in total. The van der Waals surface area contributed by atoms with Gasteiger partial charge in [-0.1, -0.05) is 42.6 Å². The molecule has 1 atom stereocenters. The van der Waals surface area contributed by atoms with Gasteiger partial charge in [-0.3, -0.25) is 9.48 Å². The Hall–Kier alpha value is -1.85. The van der Waals surface area contributed by atoms with Crippen molar-refractivity contribution in [1.29, 1.82) is 0 Å². The van der Waals surface area contributed by atoms with Crippen molar-refractivity contribution in [3.8, 4) is 0 Å². The number of carbonyl (C=O) groups is 1. The number of amides is 1. The van der Waals surface area contributed by atoms with Crippen molar-refractivity contribution in [2.45, 2.75) is 44.8 Å². The molecule has 1 aliphatic carbocycles. The van der Waals surface area contributed by atoms with Gasteiger partial charge >= 0.3 is 0 Å². The van der Waals surface area contributed by atoms with Gasteiger partial charge in [0.25, 0.3) is 5.91 Å². The number of nitrogens with zero attached hydrogens (tertiary/aromatic N) is 2. The molecule has 0 aliphatic heterocycles. The van der Waals surface area contributed by atoms with E-state index >= 15 is 0 Å². The normalized spacial score (nSPS) is 16.3. The molecular weight excluding hydrogens is 326 g/mol. The first-order valence-corrected chi connectivity index (χ1v) is 8.70. The fourth-order valence-electron chi connectivity index (χ4n) is 3.30. The number of rotatable bonds is 5. The number of carbonyl (C=O) groups excluding carboxylic acids is 1. The standard InChI is InChI=1S/C18H22ClN3O2/c1-12-15(10-21-22(12)13-6-2-3-7-13)18(24)20-11-17(23)14-8-4-5-9-16(14)19/h4-5,8-10,13,17,23H,2-3,6-7,11H2,1H3,(H,20,24). The van der Waals surface area contributed by atoms with E-state index in [0.29, 0.717) is 22.2 Å². The van der Waals surface area contributed by atoms with Gasteiger partial charge in [-0.2, -0.15) is 5.10 Å². The van der Waals surface area contributed by atoms with E-state index in [-0.39, 0.29) is 12.5 Å². The van der Waals surface area contributed by atoms with Crippen LogP contribution in [0.25, 0.3) is 0 Å². The average Bonchev–Trinajstić information content (AvgIpc) is 3.22. The molecule has 1 aromatic carbocycles. The number of benzene rings is 1. The molecule has 3 rings (SSSR count). The molecule has 1 amide bonds. The lowest BCUT2D eigenvalue weighted by molar-refractivity contribution is 0.0915. The molecule has 0 spiro atoms. The SMILES string of the molecule is Cc1c(C(=O)NCC(O)c2ccccc2Cl)cnn1C1CCCC1. The van der Waals surface area contributed by atoms with Gasteiger partial charge in [0.15, 0.2) is 0 Å².